The SMILES string of the molecule is CC(C)(C)NC(=O)C(Nc1cccc(C(=N)N)c1)c1ccccc1OC1OC(CO)C(O)C(O)C1O. The van der Waals surface area contributed by atoms with Gasteiger partial charge >= 0.3 is 0 Å². The highest BCUT2D eigenvalue weighted by atomic mass is 16.7. The minimum absolute atomic E-state index is 0.124. The number of amidine groups is 1. The molecule has 1 amide bonds. The molecule has 1 fully saturated rings. The van der Waals surface area contributed by atoms with E-state index in [-0.39, 0.29) is 17.5 Å². The van der Waals surface area contributed by atoms with Gasteiger partial charge in [0.1, 0.15) is 42.0 Å². The Morgan fingerprint density at radius 1 is 1.11 bits per heavy atom. The molecular formula is C25H34N4O7. The minimum Gasteiger partial charge on any atom is -0.462 e. The molecular weight excluding hydrogens is 468 g/mol. The van der Waals surface area contributed by atoms with E-state index >= 15 is 0 Å². The second-order valence-corrected chi connectivity index (χ2v) is 9.66. The molecule has 0 bridgehead atoms. The summed E-state index contributed by atoms with van der Waals surface area (Å²) in [5, 5.41) is 53.9. The summed E-state index contributed by atoms with van der Waals surface area (Å²) in [4.78, 5) is 13.4. The molecule has 0 spiro atoms. The Labute approximate surface area is 209 Å². The summed E-state index contributed by atoms with van der Waals surface area (Å²) in [5.74, 6) is -0.326. The van der Waals surface area contributed by atoms with Gasteiger partial charge in [0.25, 0.3) is 0 Å². The number of nitrogens with one attached hydrogen (secondary N) is 3. The van der Waals surface area contributed by atoms with Gasteiger partial charge in [-0.05, 0) is 39.0 Å². The number of carbonyl (C=O) groups is 1. The number of carbonyl (C=O) groups excluding carboxylic acids is 1. The number of nitrogens with two attached hydrogens (primary N) is 1. The standard InChI is InChI=1S/C25H34N4O7/c1-25(2,3)29-23(34)18(28-14-8-6-7-13(11-14)22(26)27)15-9-4-5-10-16(15)35-24-21(33)20(32)19(31)17(12-30)36-24/h4-11,17-21,24,28,30-33H,12H2,1-3H3,(H3,26,27)(H,29,34). The zero-order chi connectivity index (χ0) is 26.6. The fourth-order valence-electron chi connectivity index (χ4n) is 3.79. The quantitative estimate of drug-likeness (QED) is 0.184. The van der Waals surface area contributed by atoms with Crippen LogP contribution in [0.25, 0.3) is 0 Å². The highest BCUT2D eigenvalue weighted by Crippen LogP contribution is 2.32. The van der Waals surface area contributed by atoms with Crippen molar-refractivity contribution in [1.82, 2.24) is 5.32 Å². The first-order chi connectivity index (χ1) is 16.9. The minimum atomic E-state index is -1.61. The molecule has 1 aliphatic heterocycles. The summed E-state index contributed by atoms with van der Waals surface area (Å²) in [6.45, 7) is 4.93. The van der Waals surface area contributed by atoms with Crippen molar-refractivity contribution in [2.45, 2.75) is 63.1 Å². The van der Waals surface area contributed by atoms with Crippen molar-refractivity contribution in [1.29, 1.82) is 5.41 Å². The fraction of sp³-hybridized carbons (Fsp3) is 0.440. The molecule has 11 nitrogen and oxygen atoms in total. The number of hydrogen-bond acceptors (Lipinski definition) is 9. The van der Waals surface area contributed by atoms with Gasteiger partial charge in [0.05, 0.1) is 6.61 Å². The molecule has 9 N–H and O–H groups in total. The molecule has 1 aliphatic rings. The number of nitrogen functional groups attached to an aromatic ring is 1. The Kier molecular flexibility index (Phi) is 8.54. The Bertz CT molecular complexity index is 1070. The van der Waals surface area contributed by atoms with Crippen LogP contribution >= 0.6 is 0 Å². The molecule has 2 aromatic rings. The molecule has 196 valence electrons. The average molecular weight is 503 g/mol. The van der Waals surface area contributed by atoms with Crippen LogP contribution in [0.3, 0.4) is 0 Å². The van der Waals surface area contributed by atoms with Crippen LogP contribution in [0.5, 0.6) is 5.75 Å². The maximum Gasteiger partial charge on any atom is 0.247 e. The highest BCUT2D eigenvalue weighted by molar-refractivity contribution is 5.96. The van der Waals surface area contributed by atoms with E-state index in [1.54, 1.807) is 48.5 Å². The maximum atomic E-state index is 13.4. The smallest absolute Gasteiger partial charge is 0.247 e. The van der Waals surface area contributed by atoms with Gasteiger partial charge in [0, 0.05) is 22.4 Å². The lowest BCUT2D eigenvalue weighted by atomic mass is 9.99. The molecule has 3 rings (SSSR count). The van der Waals surface area contributed by atoms with Crippen LogP contribution in [0.2, 0.25) is 0 Å². The topological polar surface area (TPSA) is 190 Å². The van der Waals surface area contributed by atoms with Crippen LogP contribution in [0.1, 0.15) is 37.9 Å². The second kappa shape index (κ2) is 11.2. The Morgan fingerprint density at radius 2 is 1.81 bits per heavy atom. The number of ether oxygens (including phenoxy) is 2. The van der Waals surface area contributed by atoms with E-state index in [1.807, 2.05) is 20.8 Å². The number of hydrogen-bond donors (Lipinski definition) is 8. The first-order valence-electron chi connectivity index (χ1n) is 11.5. The lowest BCUT2D eigenvalue weighted by Gasteiger charge is -2.40. The number of rotatable bonds is 8. The van der Waals surface area contributed by atoms with Gasteiger partial charge in [0.2, 0.25) is 12.2 Å². The Hall–Kier alpha value is -3.22. The molecule has 0 aliphatic carbocycles. The predicted octanol–water partition coefficient (Wildman–Crippen LogP) is 0.217. The number of anilines is 1. The number of aliphatic hydroxyl groups is 4. The van der Waals surface area contributed by atoms with Gasteiger partial charge in [0.15, 0.2) is 0 Å². The van der Waals surface area contributed by atoms with Crippen LogP contribution in [0.4, 0.5) is 5.69 Å². The molecule has 0 aromatic heterocycles. The van der Waals surface area contributed by atoms with E-state index in [1.165, 1.54) is 0 Å². The summed E-state index contributed by atoms with van der Waals surface area (Å²) in [5.41, 5.74) is 6.46. The van der Waals surface area contributed by atoms with Crippen LogP contribution < -0.4 is 21.1 Å². The lowest BCUT2D eigenvalue weighted by Crippen LogP contribution is -2.60. The molecule has 6 atom stereocenters. The van der Waals surface area contributed by atoms with Gasteiger partial charge in [-0.15, -0.1) is 0 Å². The van der Waals surface area contributed by atoms with Crippen molar-refractivity contribution < 1.29 is 34.7 Å². The van der Waals surface area contributed by atoms with Crippen molar-refractivity contribution in [2.75, 3.05) is 11.9 Å². The molecule has 0 radical (unpaired) electrons. The third kappa shape index (κ3) is 6.50. The maximum absolute atomic E-state index is 13.4. The van der Waals surface area contributed by atoms with E-state index in [9.17, 15) is 25.2 Å². The van der Waals surface area contributed by atoms with Crippen LogP contribution in [-0.2, 0) is 9.53 Å². The Balaban J connectivity index is 1.97. The number of aliphatic hydroxyl groups excluding tert-OH is 4. The van der Waals surface area contributed by atoms with Gasteiger partial charge < -0.3 is 46.3 Å². The monoisotopic (exact) mass is 502 g/mol. The van der Waals surface area contributed by atoms with Crippen molar-refractivity contribution in [3.63, 3.8) is 0 Å². The van der Waals surface area contributed by atoms with E-state index in [0.29, 0.717) is 16.8 Å². The number of benzene rings is 2. The molecule has 11 heteroatoms. The van der Waals surface area contributed by atoms with Crippen LogP contribution in [-0.4, -0.2) is 75.0 Å². The van der Waals surface area contributed by atoms with E-state index < -0.39 is 48.9 Å². The first kappa shape index (κ1) is 27.4. The first-order valence-corrected chi connectivity index (χ1v) is 11.5. The zero-order valence-electron chi connectivity index (χ0n) is 20.4. The van der Waals surface area contributed by atoms with Gasteiger partial charge in [-0.25, -0.2) is 0 Å². The van der Waals surface area contributed by atoms with E-state index in [0.717, 1.165) is 0 Å². The van der Waals surface area contributed by atoms with Crippen molar-refractivity contribution in [2.24, 2.45) is 5.73 Å². The van der Waals surface area contributed by atoms with E-state index in [4.69, 9.17) is 20.6 Å². The second-order valence-electron chi connectivity index (χ2n) is 9.66. The third-order valence-corrected chi connectivity index (χ3v) is 5.57. The average Bonchev–Trinajstić information content (AvgIpc) is 2.82. The Morgan fingerprint density at radius 3 is 2.44 bits per heavy atom. The molecule has 0 saturated carbocycles. The van der Waals surface area contributed by atoms with E-state index in [2.05, 4.69) is 10.6 Å². The molecule has 2 aromatic carbocycles. The van der Waals surface area contributed by atoms with Crippen LogP contribution in [0.15, 0.2) is 48.5 Å². The van der Waals surface area contributed by atoms with Crippen molar-refractivity contribution in [3.05, 3.63) is 59.7 Å². The fourth-order valence-corrected chi connectivity index (χ4v) is 3.79. The summed E-state index contributed by atoms with van der Waals surface area (Å²) in [6.07, 6.45) is -7.32. The summed E-state index contributed by atoms with van der Waals surface area (Å²) < 4.78 is 11.4. The largest absolute Gasteiger partial charge is 0.462 e. The summed E-state index contributed by atoms with van der Waals surface area (Å²) in [7, 11) is 0. The third-order valence-electron chi connectivity index (χ3n) is 5.57. The van der Waals surface area contributed by atoms with Gasteiger partial charge in [-0.2, -0.15) is 0 Å². The van der Waals surface area contributed by atoms with Crippen molar-refractivity contribution >= 4 is 17.4 Å². The predicted molar refractivity (Wildman–Crippen MR) is 133 cm³/mol. The van der Waals surface area contributed by atoms with Crippen LogP contribution in [0, 0.1) is 5.41 Å². The van der Waals surface area contributed by atoms with Gasteiger partial charge in [-0.1, -0.05) is 30.3 Å². The van der Waals surface area contributed by atoms with Gasteiger partial charge in [-0.3, -0.25) is 10.2 Å². The molecule has 36 heavy (non-hydrogen) atoms. The van der Waals surface area contributed by atoms with Crippen molar-refractivity contribution in [3.8, 4) is 5.75 Å². The zero-order valence-corrected chi connectivity index (χ0v) is 20.4. The lowest BCUT2D eigenvalue weighted by molar-refractivity contribution is -0.277. The molecule has 1 saturated heterocycles. The molecule has 1 heterocycles. The summed E-state index contributed by atoms with van der Waals surface area (Å²) in [6, 6.07) is 12.4. The molecule has 6 unspecified atom stereocenters. The highest BCUT2D eigenvalue weighted by Gasteiger charge is 2.45. The normalized spacial score (nSPS) is 25.0. The number of amides is 1. The number of para-hydroxylation sites is 1. The summed E-state index contributed by atoms with van der Waals surface area (Å²) >= 11 is 0.